The summed E-state index contributed by atoms with van der Waals surface area (Å²) in [5.74, 6) is 0. The first-order valence-electron chi connectivity index (χ1n) is 17.1. The molecule has 0 amide bonds. The summed E-state index contributed by atoms with van der Waals surface area (Å²) in [4.78, 5) is 5.21. The van der Waals surface area contributed by atoms with Gasteiger partial charge in [0.05, 0.1) is 11.4 Å². The first-order chi connectivity index (χ1) is 23.5. The van der Waals surface area contributed by atoms with Crippen molar-refractivity contribution in [2.45, 2.75) is 39.0 Å². The van der Waals surface area contributed by atoms with Gasteiger partial charge in [-0.25, -0.2) is 4.98 Å². The Hall–Kier alpha value is -5.53. The predicted molar refractivity (Wildman–Crippen MR) is 204 cm³/mol. The molecule has 0 unspecified atom stereocenters. The summed E-state index contributed by atoms with van der Waals surface area (Å²) < 4.78 is 0. The molecule has 0 saturated heterocycles. The lowest BCUT2D eigenvalue weighted by Crippen LogP contribution is -2.16. The lowest BCUT2D eigenvalue weighted by atomic mass is 9.79. The third-order valence-corrected chi connectivity index (χ3v) is 10.6. The van der Waals surface area contributed by atoms with E-state index in [0.717, 1.165) is 35.4 Å². The highest BCUT2D eigenvalue weighted by molar-refractivity contribution is 6.21. The van der Waals surface area contributed by atoms with Crippen LogP contribution >= 0.6 is 0 Å². The van der Waals surface area contributed by atoms with Crippen LogP contribution in [0.25, 0.3) is 71.9 Å². The molecular weight excluding hydrogens is 579 g/mol. The van der Waals surface area contributed by atoms with Gasteiger partial charge in [-0.3, -0.25) is 0 Å². The van der Waals surface area contributed by atoms with Gasteiger partial charge in [-0.2, -0.15) is 0 Å². The minimum Gasteiger partial charge on any atom is -0.248 e. The molecule has 1 heteroatoms. The Morgan fingerprint density at radius 3 is 1.81 bits per heavy atom. The number of nitrogens with zero attached hydrogens (tertiary/aromatic N) is 1. The molecule has 0 saturated carbocycles. The molecule has 0 fully saturated rings. The minimum atomic E-state index is 0.0268. The van der Waals surface area contributed by atoms with Gasteiger partial charge in [-0.1, -0.05) is 147 Å². The van der Waals surface area contributed by atoms with E-state index in [1.807, 2.05) is 0 Å². The number of allylic oxidation sites excluding steroid dienone is 4. The fraction of sp³-hybridized carbons (Fsp3) is 0.128. The first-order valence-corrected chi connectivity index (χ1v) is 17.1. The fourth-order valence-electron chi connectivity index (χ4n) is 8.27. The molecule has 2 aliphatic carbocycles. The lowest BCUT2D eigenvalue weighted by Gasteiger charge is -2.24. The third kappa shape index (κ3) is 4.49. The van der Waals surface area contributed by atoms with Crippen molar-refractivity contribution in [2.24, 2.45) is 0 Å². The van der Waals surface area contributed by atoms with Crippen molar-refractivity contribution in [1.29, 1.82) is 0 Å². The number of rotatable bonds is 4. The number of pyridine rings is 1. The second-order valence-electron chi connectivity index (χ2n) is 13.9. The van der Waals surface area contributed by atoms with E-state index in [1.54, 1.807) is 0 Å². The first kappa shape index (κ1) is 28.7. The molecule has 6 aromatic carbocycles. The standard InChI is InChI=1S/C47H37N/c1-30-22-24-38-40(26-30)45(33-23-25-42-39(27-33)35-18-12-13-21-41(35)47(42,2)3)36-19-10-11-20-37(36)46(38)34-28-43(31-14-6-4-7-15-31)48-44(29-34)32-16-8-5-9-17-32/h4-11,13-17,19-29H,12,18H2,1-3H3. The maximum atomic E-state index is 5.21. The minimum absolute atomic E-state index is 0.0268. The molecule has 0 atom stereocenters. The van der Waals surface area contributed by atoms with E-state index in [9.17, 15) is 0 Å². The van der Waals surface area contributed by atoms with Crippen LogP contribution in [-0.2, 0) is 5.41 Å². The van der Waals surface area contributed by atoms with Crippen molar-refractivity contribution in [2.75, 3.05) is 0 Å². The summed E-state index contributed by atoms with van der Waals surface area (Å²) in [6, 6.07) is 48.9. The highest BCUT2D eigenvalue weighted by Crippen LogP contribution is 2.52. The average Bonchev–Trinajstić information content (AvgIpc) is 3.36. The molecule has 0 aliphatic heterocycles. The molecule has 1 nitrogen and oxygen atoms in total. The maximum absolute atomic E-state index is 5.21. The predicted octanol–water partition coefficient (Wildman–Crippen LogP) is 12.8. The van der Waals surface area contributed by atoms with E-state index in [2.05, 4.69) is 166 Å². The fourth-order valence-corrected chi connectivity index (χ4v) is 8.27. The monoisotopic (exact) mass is 615 g/mol. The van der Waals surface area contributed by atoms with Crippen molar-refractivity contribution >= 4 is 27.1 Å². The summed E-state index contributed by atoms with van der Waals surface area (Å²) in [5.41, 5.74) is 16.4. The average molecular weight is 616 g/mol. The zero-order chi connectivity index (χ0) is 32.4. The normalized spacial score (nSPS) is 14.8. The molecule has 0 N–H and O–H groups in total. The number of fused-ring (bicyclic) bond motifs is 4. The van der Waals surface area contributed by atoms with Crippen LogP contribution < -0.4 is 0 Å². The van der Waals surface area contributed by atoms with Crippen molar-refractivity contribution in [3.63, 3.8) is 0 Å². The molecule has 1 heterocycles. The Bertz CT molecular complexity index is 2400. The van der Waals surface area contributed by atoms with Gasteiger partial charge in [-0.15, -0.1) is 0 Å². The Morgan fingerprint density at radius 2 is 1.15 bits per heavy atom. The Kier molecular flexibility index (Phi) is 6.59. The molecule has 0 bridgehead atoms. The molecule has 0 radical (unpaired) electrons. The summed E-state index contributed by atoms with van der Waals surface area (Å²) in [7, 11) is 0. The molecule has 2 aliphatic rings. The maximum Gasteiger partial charge on any atom is 0.0715 e. The Balaban J connectivity index is 1.35. The van der Waals surface area contributed by atoms with E-state index >= 15 is 0 Å². The SMILES string of the molecule is Cc1ccc2c(-c3cc(-c4ccccc4)nc(-c4ccccc4)c3)c3ccccc3c(-c3ccc4c(c3)C3=C(C=CCC3)C4(C)C)c2c1. The van der Waals surface area contributed by atoms with Crippen LogP contribution in [-0.4, -0.2) is 4.98 Å². The van der Waals surface area contributed by atoms with Crippen molar-refractivity contribution in [1.82, 2.24) is 4.98 Å². The topological polar surface area (TPSA) is 12.9 Å². The molecule has 1 aromatic heterocycles. The van der Waals surface area contributed by atoms with Crippen LogP contribution in [0.1, 0.15) is 43.4 Å². The van der Waals surface area contributed by atoms with Crippen LogP contribution in [0.15, 0.2) is 151 Å². The number of benzene rings is 6. The van der Waals surface area contributed by atoms with E-state index in [4.69, 9.17) is 4.98 Å². The summed E-state index contributed by atoms with van der Waals surface area (Å²) in [6.07, 6.45) is 6.95. The zero-order valence-electron chi connectivity index (χ0n) is 27.7. The number of aryl methyl sites for hydroxylation is 1. The van der Waals surface area contributed by atoms with Gasteiger partial charge in [0.15, 0.2) is 0 Å². The Morgan fingerprint density at radius 1 is 0.542 bits per heavy atom. The summed E-state index contributed by atoms with van der Waals surface area (Å²) >= 11 is 0. The number of aromatic nitrogens is 1. The molecule has 230 valence electrons. The number of hydrogen-bond donors (Lipinski definition) is 0. The number of hydrogen-bond acceptors (Lipinski definition) is 1. The highest BCUT2D eigenvalue weighted by atomic mass is 14.7. The van der Waals surface area contributed by atoms with Crippen LogP contribution in [0, 0.1) is 6.92 Å². The quantitative estimate of drug-likeness (QED) is 0.180. The van der Waals surface area contributed by atoms with E-state index in [1.165, 1.54) is 71.6 Å². The van der Waals surface area contributed by atoms with Gasteiger partial charge in [-0.05, 0) is 104 Å². The van der Waals surface area contributed by atoms with Crippen LogP contribution in [0.3, 0.4) is 0 Å². The van der Waals surface area contributed by atoms with Crippen LogP contribution in [0.5, 0.6) is 0 Å². The molecular formula is C47H37N. The van der Waals surface area contributed by atoms with E-state index < -0.39 is 0 Å². The largest absolute Gasteiger partial charge is 0.248 e. The van der Waals surface area contributed by atoms with Gasteiger partial charge in [0.25, 0.3) is 0 Å². The smallest absolute Gasteiger partial charge is 0.0715 e. The van der Waals surface area contributed by atoms with Crippen LogP contribution in [0.4, 0.5) is 0 Å². The van der Waals surface area contributed by atoms with E-state index in [-0.39, 0.29) is 5.41 Å². The van der Waals surface area contributed by atoms with Gasteiger partial charge >= 0.3 is 0 Å². The molecule has 48 heavy (non-hydrogen) atoms. The van der Waals surface area contributed by atoms with Gasteiger partial charge in [0.2, 0.25) is 0 Å². The highest BCUT2D eigenvalue weighted by Gasteiger charge is 2.37. The van der Waals surface area contributed by atoms with Crippen LogP contribution in [0.2, 0.25) is 0 Å². The summed E-state index contributed by atoms with van der Waals surface area (Å²) in [6.45, 7) is 6.98. The van der Waals surface area contributed by atoms with Gasteiger partial charge in [0, 0.05) is 16.5 Å². The van der Waals surface area contributed by atoms with Gasteiger partial charge in [0.1, 0.15) is 0 Å². The molecule has 7 aromatic rings. The summed E-state index contributed by atoms with van der Waals surface area (Å²) in [5, 5.41) is 5.09. The molecule has 9 rings (SSSR count). The van der Waals surface area contributed by atoms with E-state index in [0.29, 0.717) is 0 Å². The third-order valence-electron chi connectivity index (χ3n) is 10.6. The molecule has 0 spiro atoms. The van der Waals surface area contributed by atoms with Crippen molar-refractivity contribution in [3.8, 4) is 44.8 Å². The van der Waals surface area contributed by atoms with Crippen molar-refractivity contribution < 1.29 is 0 Å². The second kappa shape index (κ2) is 11.0. The van der Waals surface area contributed by atoms with Crippen molar-refractivity contribution in [3.05, 3.63) is 168 Å². The lowest BCUT2D eigenvalue weighted by molar-refractivity contribution is 0.651. The van der Waals surface area contributed by atoms with Gasteiger partial charge < -0.3 is 0 Å². The zero-order valence-corrected chi connectivity index (χ0v) is 27.7. The second-order valence-corrected chi connectivity index (χ2v) is 13.9. The Labute approximate surface area is 283 Å².